The van der Waals surface area contributed by atoms with E-state index in [1.54, 1.807) is 0 Å². The van der Waals surface area contributed by atoms with Crippen molar-refractivity contribution in [3.63, 3.8) is 0 Å². The summed E-state index contributed by atoms with van der Waals surface area (Å²) in [4.78, 5) is 26.6. The Hall–Kier alpha value is -1.94. The van der Waals surface area contributed by atoms with Gasteiger partial charge in [-0.05, 0) is 25.5 Å². The van der Waals surface area contributed by atoms with Crippen LogP contribution in [0.3, 0.4) is 0 Å². The highest BCUT2D eigenvalue weighted by Gasteiger charge is 2.61. The monoisotopic (exact) mass is 269 g/mol. The van der Waals surface area contributed by atoms with Crippen LogP contribution in [0.25, 0.3) is 0 Å². The molecule has 1 aromatic carbocycles. The van der Waals surface area contributed by atoms with Crippen LogP contribution in [0, 0.1) is 25.7 Å². The van der Waals surface area contributed by atoms with Gasteiger partial charge in [0.05, 0.1) is 29.7 Å². The van der Waals surface area contributed by atoms with Gasteiger partial charge in [0.1, 0.15) is 0 Å². The third-order valence-electron chi connectivity index (χ3n) is 4.50. The Labute approximate surface area is 117 Å². The summed E-state index contributed by atoms with van der Waals surface area (Å²) >= 11 is 0. The largest absolute Gasteiger partial charge is 0.365 e. The Balaban J connectivity index is 1.78. The summed E-state index contributed by atoms with van der Waals surface area (Å²) < 4.78 is 5.63. The number of fused-ring (bicyclic) bond motifs is 5. The van der Waals surface area contributed by atoms with Gasteiger partial charge in [0.2, 0.25) is 11.8 Å². The van der Waals surface area contributed by atoms with Crippen LogP contribution in [0.4, 0.5) is 5.69 Å². The van der Waals surface area contributed by atoms with Crippen molar-refractivity contribution in [2.75, 3.05) is 4.90 Å². The molecule has 0 aromatic heterocycles. The number of benzene rings is 1. The highest BCUT2D eigenvalue weighted by Crippen LogP contribution is 2.46. The van der Waals surface area contributed by atoms with E-state index >= 15 is 0 Å². The van der Waals surface area contributed by atoms with Gasteiger partial charge in [-0.25, -0.2) is 4.90 Å². The Bertz CT molecular complexity index is 634. The van der Waals surface area contributed by atoms with Crippen molar-refractivity contribution < 1.29 is 14.3 Å². The molecule has 20 heavy (non-hydrogen) atoms. The lowest BCUT2D eigenvalue weighted by Crippen LogP contribution is -2.34. The zero-order chi connectivity index (χ0) is 14.0. The topological polar surface area (TPSA) is 46.6 Å². The van der Waals surface area contributed by atoms with E-state index in [0.29, 0.717) is 5.69 Å². The molecule has 0 aliphatic carbocycles. The average molecular weight is 269 g/mol. The minimum Gasteiger partial charge on any atom is -0.365 e. The lowest BCUT2D eigenvalue weighted by Gasteiger charge is -2.19. The molecule has 4 heteroatoms. The third-order valence-corrected chi connectivity index (χ3v) is 4.50. The zero-order valence-electron chi connectivity index (χ0n) is 11.4. The molecule has 4 nitrogen and oxygen atoms in total. The Morgan fingerprint density at radius 1 is 1.00 bits per heavy atom. The summed E-state index contributed by atoms with van der Waals surface area (Å²) in [5.74, 6) is -0.913. The molecule has 1 aromatic rings. The maximum atomic E-state index is 12.6. The highest BCUT2D eigenvalue weighted by atomic mass is 16.5. The van der Waals surface area contributed by atoms with E-state index in [-0.39, 0.29) is 35.9 Å². The molecule has 2 bridgehead atoms. The van der Waals surface area contributed by atoms with Gasteiger partial charge < -0.3 is 4.74 Å². The van der Waals surface area contributed by atoms with Gasteiger partial charge in [0.25, 0.3) is 0 Å². The second-order valence-corrected chi connectivity index (χ2v) is 5.80. The van der Waals surface area contributed by atoms with Crippen molar-refractivity contribution in [2.24, 2.45) is 11.8 Å². The minimum atomic E-state index is -0.335. The molecule has 4 rings (SSSR count). The lowest BCUT2D eigenvalue weighted by molar-refractivity contribution is -0.124. The van der Waals surface area contributed by atoms with Gasteiger partial charge in [-0.2, -0.15) is 0 Å². The Morgan fingerprint density at radius 2 is 1.60 bits per heavy atom. The van der Waals surface area contributed by atoms with Crippen molar-refractivity contribution in [2.45, 2.75) is 26.1 Å². The van der Waals surface area contributed by atoms with Crippen molar-refractivity contribution >= 4 is 17.5 Å². The number of carbonyl (C=O) groups excluding carboxylic acids is 2. The number of amides is 2. The molecule has 0 radical (unpaired) electrons. The fourth-order valence-corrected chi connectivity index (χ4v) is 3.60. The fourth-order valence-electron chi connectivity index (χ4n) is 3.60. The maximum Gasteiger partial charge on any atom is 0.240 e. The number of hydrogen-bond donors (Lipinski definition) is 0. The van der Waals surface area contributed by atoms with Crippen LogP contribution in [0.15, 0.2) is 30.4 Å². The first-order valence-electron chi connectivity index (χ1n) is 6.87. The van der Waals surface area contributed by atoms with Gasteiger partial charge in [0, 0.05) is 0 Å². The van der Waals surface area contributed by atoms with Crippen molar-refractivity contribution in [1.29, 1.82) is 0 Å². The molecule has 0 N–H and O–H groups in total. The van der Waals surface area contributed by atoms with E-state index in [9.17, 15) is 9.59 Å². The molecule has 4 atom stereocenters. The first-order valence-corrected chi connectivity index (χ1v) is 6.87. The predicted molar refractivity (Wildman–Crippen MR) is 73.2 cm³/mol. The third kappa shape index (κ3) is 1.34. The summed E-state index contributed by atoms with van der Waals surface area (Å²) in [5.41, 5.74) is 2.78. The van der Waals surface area contributed by atoms with Crippen LogP contribution >= 0.6 is 0 Å². The number of anilines is 1. The van der Waals surface area contributed by atoms with Gasteiger partial charge >= 0.3 is 0 Å². The number of aryl methyl sites for hydroxylation is 2. The standard InChI is InChI=1S/C16H15NO3/c1-8-3-4-10(9(2)7-8)17-15(18)13-11-5-6-12(20-11)14(13)16(17)19/h3-7,11-14H,1-2H3/t11-,12+,13-,14-/m0/s1. The second-order valence-electron chi connectivity index (χ2n) is 5.80. The number of nitrogens with zero attached hydrogens (tertiary/aromatic N) is 1. The van der Waals surface area contributed by atoms with Crippen LogP contribution in [0.5, 0.6) is 0 Å². The highest BCUT2D eigenvalue weighted by molar-refractivity contribution is 6.23. The number of hydrogen-bond acceptors (Lipinski definition) is 3. The zero-order valence-corrected chi connectivity index (χ0v) is 11.4. The smallest absolute Gasteiger partial charge is 0.240 e. The molecular weight excluding hydrogens is 254 g/mol. The quantitative estimate of drug-likeness (QED) is 0.576. The number of imide groups is 1. The lowest BCUT2D eigenvalue weighted by atomic mass is 9.85. The van der Waals surface area contributed by atoms with E-state index in [2.05, 4.69) is 0 Å². The molecule has 2 amide bonds. The number of rotatable bonds is 1. The van der Waals surface area contributed by atoms with Crippen LogP contribution in [0.2, 0.25) is 0 Å². The van der Waals surface area contributed by atoms with Crippen LogP contribution in [0.1, 0.15) is 11.1 Å². The van der Waals surface area contributed by atoms with E-state index in [1.165, 1.54) is 4.90 Å². The SMILES string of the molecule is Cc1ccc(N2C(=O)[C@@H]3[C@@H](C2=O)[C@H]2C=C[C@@H]3O2)c(C)c1. The van der Waals surface area contributed by atoms with Crippen LogP contribution < -0.4 is 4.90 Å². The summed E-state index contributed by atoms with van der Waals surface area (Å²) in [5, 5.41) is 0. The van der Waals surface area contributed by atoms with Crippen LogP contribution in [-0.4, -0.2) is 24.0 Å². The normalized spacial score (nSPS) is 34.2. The molecule has 3 aliphatic heterocycles. The molecule has 2 fully saturated rings. The molecule has 3 aliphatic rings. The van der Waals surface area contributed by atoms with Gasteiger partial charge in [-0.1, -0.05) is 29.8 Å². The van der Waals surface area contributed by atoms with E-state index < -0.39 is 0 Å². The van der Waals surface area contributed by atoms with E-state index in [0.717, 1.165) is 11.1 Å². The molecular formula is C16H15NO3. The van der Waals surface area contributed by atoms with E-state index in [4.69, 9.17) is 4.74 Å². The first-order chi connectivity index (χ1) is 9.58. The van der Waals surface area contributed by atoms with Crippen molar-refractivity contribution in [3.05, 3.63) is 41.5 Å². The molecule has 2 saturated heterocycles. The number of carbonyl (C=O) groups is 2. The second kappa shape index (κ2) is 3.79. The summed E-state index contributed by atoms with van der Waals surface area (Å²) in [7, 11) is 0. The van der Waals surface area contributed by atoms with Crippen LogP contribution in [-0.2, 0) is 14.3 Å². The van der Waals surface area contributed by atoms with Gasteiger partial charge in [-0.15, -0.1) is 0 Å². The molecule has 0 unspecified atom stereocenters. The number of ether oxygens (including phenoxy) is 1. The van der Waals surface area contributed by atoms with Gasteiger partial charge in [-0.3, -0.25) is 9.59 Å². The van der Waals surface area contributed by atoms with E-state index in [1.807, 2.05) is 44.2 Å². The van der Waals surface area contributed by atoms with Crippen molar-refractivity contribution in [1.82, 2.24) is 0 Å². The molecule has 102 valence electrons. The summed E-state index contributed by atoms with van der Waals surface area (Å²) in [6.45, 7) is 3.93. The first kappa shape index (κ1) is 11.9. The maximum absolute atomic E-state index is 12.6. The fraction of sp³-hybridized carbons (Fsp3) is 0.375. The Morgan fingerprint density at radius 3 is 2.15 bits per heavy atom. The summed E-state index contributed by atoms with van der Waals surface area (Å²) in [6.07, 6.45) is 3.36. The minimum absolute atomic E-state index is 0.121. The summed E-state index contributed by atoms with van der Waals surface area (Å²) in [6, 6.07) is 5.78. The molecule has 3 heterocycles. The predicted octanol–water partition coefficient (Wildman–Crippen LogP) is 1.75. The Kier molecular flexibility index (Phi) is 2.25. The van der Waals surface area contributed by atoms with Gasteiger partial charge in [0.15, 0.2) is 0 Å². The van der Waals surface area contributed by atoms with Crippen molar-refractivity contribution in [3.8, 4) is 0 Å². The molecule has 0 saturated carbocycles. The average Bonchev–Trinajstić information content (AvgIpc) is 3.06. The molecule has 0 spiro atoms.